The van der Waals surface area contributed by atoms with Crippen LogP contribution in [0.2, 0.25) is 0 Å². The molecule has 0 aromatic heterocycles. The van der Waals surface area contributed by atoms with Gasteiger partial charge in [0.05, 0.1) is 6.04 Å². The van der Waals surface area contributed by atoms with Gasteiger partial charge in [-0.1, -0.05) is 30.3 Å². The third-order valence-corrected chi connectivity index (χ3v) is 8.74. The lowest BCUT2D eigenvalue weighted by Crippen LogP contribution is -2.51. The Hall–Kier alpha value is -3.25. The van der Waals surface area contributed by atoms with Crippen molar-refractivity contribution in [2.75, 3.05) is 0 Å². The van der Waals surface area contributed by atoms with Gasteiger partial charge in [0, 0.05) is 23.7 Å². The Labute approximate surface area is 221 Å². The second-order valence-corrected chi connectivity index (χ2v) is 12.4. The van der Waals surface area contributed by atoms with E-state index in [4.69, 9.17) is 10.5 Å². The number of nitrogens with one attached hydrogen (secondary N) is 1. The minimum atomic E-state index is -3.86. The van der Waals surface area contributed by atoms with Crippen molar-refractivity contribution in [3.05, 3.63) is 70.8 Å². The predicted molar refractivity (Wildman–Crippen MR) is 138 cm³/mol. The van der Waals surface area contributed by atoms with E-state index in [-0.39, 0.29) is 17.7 Å². The number of amides is 3. The number of benzene rings is 2. The minimum Gasteiger partial charge on any atom is -0.443 e. The van der Waals surface area contributed by atoms with Crippen LogP contribution in [0.5, 0.6) is 0 Å². The molecule has 3 atom stereocenters. The van der Waals surface area contributed by atoms with Crippen molar-refractivity contribution in [2.45, 2.75) is 76.9 Å². The van der Waals surface area contributed by atoms with Gasteiger partial charge in [-0.2, -0.15) is 4.31 Å². The summed E-state index contributed by atoms with van der Waals surface area (Å²) in [6.07, 6.45) is -0.0229. The SMILES string of the molecule is CC(c1cc(F)c(CN2[C@@H](C)CC[C@H](c3ccccc3)S2(=O)=O)cc1F)N(NC(=O)OC(C)(C)C)C(N)=O. The van der Waals surface area contributed by atoms with Gasteiger partial charge in [0.25, 0.3) is 0 Å². The van der Waals surface area contributed by atoms with Gasteiger partial charge in [-0.25, -0.2) is 37.2 Å². The molecule has 1 saturated heterocycles. The summed E-state index contributed by atoms with van der Waals surface area (Å²) < 4.78 is 63.7. The molecule has 0 radical (unpaired) electrons. The van der Waals surface area contributed by atoms with Crippen molar-refractivity contribution in [1.29, 1.82) is 0 Å². The molecular formula is C26H34F2N4O5S. The number of urea groups is 1. The molecule has 2 aromatic rings. The largest absolute Gasteiger partial charge is 0.443 e. The van der Waals surface area contributed by atoms with Gasteiger partial charge in [-0.05, 0) is 65.2 Å². The Morgan fingerprint density at radius 3 is 2.37 bits per heavy atom. The molecule has 208 valence electrons. The maximum atomic E-state index is 15.3. The van der Waals surface area contributed by atoms with Crippen molar-refractivity contribution in [1.82, 2.24) is 14.7 Å². The number of sulfonamides is 1. The molecule has 38 heavy (non-hydrogen) atoms. The molecule has 0 saturated carbocycles. The van der Waals surface area contributed by atoms with Gasteiger partial charge < -0.3 is 10.5 Å². The fraction of sp³-hybridized carbons (Fsp3) is 0.462. The lowest BCUT2D eigenvalue weighted by Gasteiger charge is -2.37. The molecule has 2 aromatic carbocycles. The average Bonchev–Trinajstić information content (AvgIpc) is 2.80. The highest BCUT2D eigenvalue weighted by Crippen LogP contribution is 2.38. The third-order valence-electron chi connectivity index (χ3n) is 6.37. The molecule has 9 nitrogen and oxygen atoms in total. The molecule has 1 aliphatic heterocycles. The van der Waals surface area contributed by atoms with Gasteiger partial charge in [-0.3, -0.25) is 0 Å². The average molecular weight is 553 g/mol. The summed E-state index contributed by atoms with van der Waals surface area (Å²) in [5.41, 5.74) is 6.86. The minimum absolute atomic E-state index is 0.159. The van der Waals surface area contributed by atoms with E-state index in [1.807, 2.05) is 0 Å². The smallest absolute Gasteiger partial charge is 0.426 e. The number of nitrogens with zero attached hydrogens (tertiary/aromatic N) is 2. The first-order chi connectivity index (χ1) is 17.6. The topological polar surface area (TPSA) is 122 Å². The summed E-state index contributed by atoms with van der Waals surface area (Å²) in [5.74, 6) is -1.76. The van der Waals surface area contributed by atoms with E-state index in [9.17, 15) is 18.0 Å². The van der Waals surface area contributed by atoms with Crippen LogP contribution in [0.15, 0.2) is 42.5 Å². The van der Waals surface area contributed by atoms with Crippen molar-refractivity contribution in [3.63, 3.8) is 0 Å². The fourth-order valence-corrected chi connectivity index (χ4v) is 6.63. The summed E-state index contributed by atoms with van der Waals surface area (Å²) in [7, 11) is -3.86. The molecule has 0 bridgehead atoms. The molecule has 3 rings (SSSR count). The van der Waals surface area contributed by atoms with Gasteiger partial charge in [0.1, 0.15) is 22.5 Å². The van der Waals surface area contributed by atoms with Crippen LogP contribution >= 0.6 is 0 Å². The molecule has 1 unspecified atom stereocenters. The highest BCUT2D eigenvalue weighted by molar-refractivity contribution is 7.89. The van der Waals surface area contributed by atoms with E-state index in [0.717, 1.165) is 12.1 Å². The molecule has 0 aliphatic carbocycles. The molecule has 3 N–H and O–H groups in total. The van der Waals surface area contributed by atoms with Crippen molar-refractivity contribution < 1.29 is 31.5 Å². The highest BCUT2D eigenvalue weighted by atomic mass is 32.2. The number of primary amides is 1. The summed E-state index contributed by atoms with van der Waals surface area (Å²) in [6, 6.07) is 7.83. The predicted octanol–water partition coefficient (Wildman–Crippen LogP) is 4.90. The van der Waals surface area contributed by atoms with Crippen molar-refractivity contribution in [2.24, 2.45) is 5.73 Å². The van der Waals surface area contributed by atoms with Crippen molar-refractivity contribution in [3.8, 4) is 0 Å². The number of carbonyl (C=O) groups is 2. The zero-order chi connectivity index (χ0) is 28.4. The number of carbonyl (C=O) groups excluding carboxylic acids is 2. The normalized spacial score (nSPS) is 20.4. The summed E-state index contributed by atoms with van der Waals surface area (Å²) in [4.78, 5) is 24.1. The van der Waals surface area contributed by atoms with E-state index >= 15 is 8.78 Å². The number of hydrazine groups is 1. The molecule has 0 spiro atoms. The fourth-order valence-electron chi connectivity index (χ4n) is 4.45. The second kappa shape index (κ2) is 11.2. The first-order valence-electron chi connectivity index (χ1n) is 12.2. The van der Waals surface area contributed by atoms with Crippen LogP contribution in [-0.4, -0.2) is 41.5 Å². The first-order valence-corrected chi connectivity index (χ1v) is 13.7. The summed E-state index contributed by atoms with van der Waals surface area (Å²) in [5, 5.41) is -0.150. The lowest BCUT2D eigenvalue weighted by atomic mass is 10.0. The van der Waals surface area contributed by atoms with Gasteiger partial charge in [0.15, 0.2) is 0 Å². The Morgan fingerprint density at radius 1 is 1.16 bits per heavy atom. The van der Waals surface area contributed by atoms with E-state index in [2.05, 4.69) is 5.43 Å². The first kappa shape index (κ1) is 29.3. The van der Waals surface area contributed by atoms with Crippen molar-refractivity contribution >= 4 is 22.1 Å². The maximum Gasteiger partial charge on any atom is 0.426 e. The maximum absolute atomic E-state index is 15.3. The van der Waals surface area contributed by atoms with Crippen LogP contribution in [0.4, 0.5) is 18.4 Å². The molecule has 1 aliphatic rings. The molecule has 3 amide bonds. The van der Waals surface area contributed by atoms with E-state index in [1.54, 1.807) is 58.0 Å². The standard InChI is InChI=1S/C26H34F2N4O5S/c1-16-11-12-23(18-9-7-6-8-10-18)38(35,36)31(16)15-19-13-22(28)20(14-21(19)27)17(2)32(24(29)33)30-25(34)37-26(3,4)5/h6-10,13-14,16-17,23H,11-12,15H2,1-5H3,(H2,29,33)(H,30,34)/t16-,17?,23+/m0/s1. The van der Waals surface area contributed by atoms with Gasteiger partial charge in [0.2, 0.25) is 10.0 Å². The third kappa shape index (κ3) is 6.60. The lowest BCUT2D eigenvalue weighted by molar-refractivity contribution is 0.0336. The number of hydrogen-bond acceptors (Lipinski definition) is 5. The van der Waals surface area contributed by atoms with Gasteiger partial charge in [-0.15, -0.1) is 0 Å². The Kier molecular flexibility index (Phi) is 8.67. The summed E-state index contributed by atoms with van der Waals surface area (Å²) in [6.45, 7) is 7.56. The summed E-state index contributed by atoms with van der Waals surface area (Å²) >= 11 is 0. The van der Waals surface area contributed by atoms with Gasteiger partial charge >= 0.3 is 12.1 Å². The monoisotopic (exact) mass is 552 g/mol. The Morgan fingerprint density at radius 2 is 1.79 bits per heavy atom. The van der Waals surface area contributed by atoms with Crippen LogP contribution < -0.4 is 11.2 Å². The number of rotatable bonds is 5. The molecular weight excluding hydrogens is 518 g/mol. The molecule has 1 fully saturated rings. The van der Waals surface area contributed by atoms with Crippen LogP contribution in [0.25, 0.3) is 0 Å². The number of nitrogens with two attached hydrogens (primary N) is 1. The highest BCUT2D eigenvalue weighted by Gasteiger charge is 2.41. The second-order valence-electron chi connectivity index (χ2n) is 10.4. The number of ether oxygens (including phenoxy) is 1. The van der Waals surface area contributed by atoms with Crippen LogP contribution in [0.3, 0.4) is 0 Å². The van der Waals surface area contributed by atoms with E-state index in [1.165, 1.54) is 11.2 Å². The molecule has 1 heterocycles. The van der Waals surface area contributed by atoms with E-state index in [0.29, 0.717) is 23.4 Å². The van der Waals surface area contributed by atoms with E-state index < -0.39 is 56.7 Å². The zero-order valence-electron chi connectivity index (χ0n) is 22.1. The number of hydrogen-bond donors (Lipinski definition) is 2. The Bertz CT molecular complexity index is 1280. The van der Waals surface area contributed by atoms with Crippen LogP contribution in [0, 0.1) is 11.6 Å². The molecule has 12 heteroatoms. The van der Waals surface area contributed by atoms with Crippen LogP contribution in [-0.2, 0) is 21.3 Å². The Balaban J connectivity index is 1.87. The quantitative estimate of drug-likeness (QED) is 0.511. The number of halogens is 2. The zero-order valence-corrected chi connectivity index (χ0v) is 22.9. The van der Waals surface area contributed by atoms with Crippen LogP contribution in [0.1, 0.15) is 75.4 Å².